The van der Waals surface area contributed by atoms with Crippen molar-refractivity contribution < 1.29 is 18.0 Å². The molecule has 10 nitrogen and oxygen atoms in total. The Labute approximate surface area is 203 Å². The maximum atomic E-state index is 12.9. The Morgan fingerprint density at radius 3 is 2.26 bits per heavy atom. The molecule has 0 saturated carbocycles. The van der Waals surface area contributed by atoms with Gasteiger partial charge in [0.1, 0.15) is 6.04 Å². The minimum Gasteiger partial charge on any atom is -0.271 e. The first-order valence-electron chi connectivity index (χ1n) is 11.2. The normalized spacial score (nSPS) is 12.5. The molecule has 35 heavy (non-hydrogen) atoms. The zero-order valence-corrected chi connectivity index (χ0v) is 21.1. The van der Waals surface area contributed by atoms with Crippen molar-refractivity contribution in [2.75, 3.05) is 0 Å². The van der Waals surface area contributed by atoms with E-state index in [0.29, 0.717) is 10.8 Å². The summed E-state index contributed by atoms with van der Waals surface area (Å²) in [5.74, 6) is -1.90. The number of benzene rings is 2. The molecule has 3 rings (SSSR count). The van der Waals surface area contributed by atoms with Crippen LogP contribution < -0.4 is 21.1 Å². The smallest absolute Gasteiger partial charge is 0.271 e. The molecule has 11 heteroatoms. The van der Waals surface area contributed by atoms with Crippen molar-refractivity contribution in [3.05, 3.63) is 69.6 Å². The molecule has 0 aliphatic rings. The summed E-state index contributed by atoms with van der Waals surface area (Å²) >= 11 is 0. The van der Waals surface area contributed by atoms with E-state index in [1.165, 1.54) is 12.1 Å². The molecule has 0 saturated heterocycles. The number of carbonyl (C=O) groups excluding carboxylic acids is 2. The standard InChI is InChI=1S/C24H29N5O5S/c1-6-29-24(32)19-10-8-7-9-18(19)21(27-29)23(31)26-25-22(30)20(14(2)3)28-35(33,34)17-12-11-15(4)16(5)13-17/h7-14,20,28H,6H2,1-5H3,(H,25,30)(H,26,31)/t20-/m0/s1. The molecule has 186 valence electrons. The first kappa shape index (κ1) is 26.0. The third-order valence-corrected chi connectivity index (χ3v) is 7.14. The minimum absolute atomic E-state index is 0.0422. The number of rotatable bonds is 7. The fourth-order valence-corrected chi connectivity index (χ4v) is 4.91. The molecule has 0 radical (unpaired) electrons. The minimum atomic E-state index is -4.00. The molecule has 1 atom stereocenters. The maximum absolute atomic E-state index is 12.9. The van der Waals surface area contributed by atoms with Crippen molar-refractivity contribution in [3.8, 4) is 0 Å². The van der Waals surface area contributed by atoms with E-state index >= 15 is 0 Å². The molecule has 0 bridgehead atoms. The lowest BCUT2D eigenvalue weighted by Gasteiger charge is -2.22. The number of fused-ring (bicyclic) bond motifs is 1. The van der Waals surface area contributed by atoms with Crippen molar-refractivity contribution >= 4 is 32.6 Å². The van der Waals surface area contributed by atoms with E-state index in [2.05, 4.69) is 20.7 Å². The molecule has 0 spiro atoms. The largest absolute Gasteiger partial charge is 0.290 e. The quantitative estimate of drug-likeness (QED) is 0.424. The van der Waals surface area contributed by atoms with Crippen LogP contribution in [0.1, 0.15) is 42.4 Å². The van der Waals surface area contributed by atoms with E-state index < -0.39 is 33.8 Å². The maximum Gasteiger partial charge on any atom is 0.290 e. The summed E-state index contributed by atoms with van der Waals surface area (Å²) in [5, 5.41) is 4.78. The second-order valence-corrected chi connectivity index (χ2v) is 10.3. The van der Waals surface area contributed by atoms with Gasteiger partial charge in [0, 0.05) is 11.9 Å². The number of carbonyl (C=O) groups is 2. The first-order chi connectivity index (χ1) is 16.5. The number of hydrogen-bond acceptors (Lipinski definition) is 6. The fraction of sp³-hybridized carbons (Fsp3) is 0.333. The topological polar surface area (TPSA) is 139 Å². The first-order valence-corrected chi connectivity index (χ1v) is 12.6. The van der Waals surface area contributed by atoms with Crippen LogP contribution >= 0.6 is 0 Å². The number of nitrogens with zero attached hydrogens (tertiary/aromatic N) is 2. The van der Waals surface area contributed by atoms with Gasteiger partial charge in [-0.25, -0.2) is 13.1 Å². The van der Waals surface area contributed by atoms with Gasteiger partial charge in [-0.2, -0.15) is 9.82 Å². The van der Waals surface area contributed by atoms with E-state index in [0.717, 1.165) is 15.8 Å². The zero-order chi connectivity index (χ0) is 25.9. The Bertz CT molecular complexity index is 1450. The van der Waals surface area contributed by atoms with Crippen LogP contribution in [0, 0.1) is 19.8 Å². The highest BCUT2D eigenvalue weighted by Crippen LogP contribution is 2.17. The Balaban J connectivity index is 1.80. The summed E-state index contributed by atoms with van der Waals surface area (Å²) in [5.41, 5.74) is 5.95. The SMILES string of the molecule is CCn1nc(C(=O)NNC(=O)[C@@H](NS(=O)(=O)c2ccc(C)c(C)c2)C(C)C)c2ccccc2c1=O. The molecule has 2 aromatic carbocycles. The Kier molecular flexibility index (Phi) is 7.71. The lowest BCUT2D eigenvalue weighted by molar-refractivity contribution is -0.124. The van der Waals surface area contributed by atoms with E-state index in [4.69, 9.17) is 0 Å². The molecule has 3 aromatic rings. The summed E-state index contributed by atoms with van der Waals surface area (Å²) in [6.45, 7) is 9.02. The van der Waals surface area contributed by atoms with Gasteiger partial charge in [0.05, 0.1) is 10.3 Å². The molecule has 3 N–H and O–H groups in total. The monoisotopic (exact) mass is 499 g/mol. The molecule has 1 heterocycles. The highest BCUT2D eigenvalue weighted by atomic mass is 32.2. The number of sulfonamides is 1. The molecular weight excluding hydrogens is 470 g/mol. The van der Waals surface area contributed by atoms with Gasteiger partial charge >= 0.3 is 0 Å². The predicted octanol–water partition coefficient (Wildman–Crippen LogP) is 1.80. The molecule has 0 fully saturated rings. The Morgan fingerprint density at radius 1 is 1.00 bits per heavy atom. The van der Waals surface area contributed by atoms with Gasteiger partial charge in [0.25, 0.3) is 17.4 Å². The lowest BCUT2D eigenvalue weighted by atomic mass is 10.1. The van der Waals surface area contributed by atoms with Crippen LogP contribution in [-0.2, 0) is 21.4 Å². The van der Waals surface area contributed by atoms with Crippen molar-refractivity contribution in [2.24, 2.45) is 5.92 Å². The van der Waals surface area contributed by atoms with Crippen LogP contribution in [0.2, 0.25) is 0 Å². The van der Waals surface area contributed by atoms with Gasteiger partial charge in [-0.1, -0.05) is 38.1 Å². The van der Waals surface area contributed by atoms with Crippen LogP contribution in [-0.4, -0.2) is 36.1 Å². The number of hydrazine groups is 1. The number of aryl methyl sites for hydroxylation is 3. The third-order valence-electron chi connectivity index (χ3n) is 5.70. The van der Waals surface area contributed by atoms with Gasteiger partial charge < -0.3 is 0 Å². The zero-order valence-electron chi connectivity index (χ0n) is 20.2. The highest BCUT2D eigenvalue weighted by molar-refractivity contribution is 7.89. The van der Waals surface area contributed by atoms with E-state index in [1.54, 1.807) is 58.0 Å². The fourth-order valence-electron chi connectivity index (χ4n) is 3.48. The highest BCUT2D eigenvalue weighted by Gasteiger charge is 2.29. The summed E-state index contributed by atoms with van der Waals surface area (Å²) < 4.78 is 29.4. The van der Waals surface area contributed by atoms with Gasteiger partial charge in [0.15, 0.2) is 5.69 Å². The molecule has 2 amide bonds. The molecule has 0 aliphatic heterocycles. The second-order valence-electron chi connectivity index (χ2n) is 8.55. The van der Waals surface area contributed by atoms with Crippen molar-refractivity contribution in [2.45, 2.75) is 52.1 Å². The van der Waals surface area contributed by atoms with Crippen molar-refractivity contribution in [1.82, 2.24) is 25.4 Å². The predicted molar refractivity (Wildman–Crippen MR) is 132 cm³/mol. The van der Waals surface area contributed by atoms with Gasteiger partial charge in [-0.05, 0) is 56.0 Å². The van der Waals surface area contributed by atoms with E-state index in [-0.39, 0.29) is 22.7 Å². The molecule has 0 unspecified atom stereocenters. The van der Waals surface area contributed by atoms with Crippen LogP contribution in [0.25, 0.3) is 10.8 Å². The number of hydrogen-bond donors (Lipinski definition) is 3. The second kappa shape index (κ2) is 10.4. The van der Waals surface area contributed by atoms with E-state index in [1.807, 2.05) is 6.92 Å². The summed E-state index contributed by atoms with van der Waals surface area (Å²) in [7, 11) is -4.00. The van der Waals surface area contributed by atoms with Crippen LogP contribution in [0.5, 0.6) is 0 Å². The van der Waals surface area contributed by atoms with Gasteiger partial charge in [-0.3, -0.25) is 25.2 Å². The summed E-state index contributed by atoms with van der Waals surface area (Å²) in [6, 6.07) is 10.1. The molecular formula is C24H29N5O5S. The molecule has 1 aromatic heterocycles. The average Bonchev–Trinajstić information content (AvgIpc) is 2.82. The Morgan fingerprint density at radius 2 is 1.66 bits per heavy atom. The number of nitrogens with one attached hydrogen (secondary N) is 3. The van der Waals surface area contributed by atoms with Crippen LogP contribution in [0.4, 0.5) is 0 Å². The lowest BCUT2D eigenvalue weighted by Crippen LogP contribution is -2.54. The van der Waals surface area contributed by atoms with Gasteiger partial charge in [-0.15, -0.1) is 0 Å². The third kappa shape index (κ3) is 5.57. The average molecular weight is 500 g/mol. The van der Waals surface area contributed by atoms with Crippen molar-refractivity contribution in [1.29, 1.82) is 0 Å². The van der Waals surface area contributed by atoms with Gasteiger partial charge in [0.2, 0.25) is 10.0 Å². The van der Waals surface area contributed by atoms with Crippen LogP contribution in [0.3, 0.4) is 0 Å². The molecule has 0 aliphatic carbocycles. The summed E-state index contributed by atoms with van der Waals surface area (Å²) in [4.78, 5) is 38.3. The number of amides is 2. The van der Waals surface area contributed by atoms with Crippen molar-refractivity contribution in [3.63, 3.8) is 0 Å². The summed E-state index contributed by atoms with van der Waals surface area (Å²) in [6.07, 6.45) is 0. The van der Waals surface area contributed by atoms with Crippen LogP contribution in [0.15, 0.2) is 52.2 Å². The Hall–Kier alpha value is -3.57. The van der Waals surface area contributed by atoms with E-state index in [9.17, 15) is 22.8 Å². The number of aromatic nitrogens is 2.